The molecule has 7 nitrogen and oxygen atoms in total. The first-order valence-electron chi connectivity index (χ1n) is 9.87. The molecule has 0 saturated carbocycles. The van der Waals surface area contributed by atoms with E-state index in [9.17, 15) is 19.1 Å². The van der Waals surface area contributed by atoms with E-state index in [1.54, 1.807) is 23.6 Å². The van der Waals surface area contributed by atoms with E-state index in [1.807, 2.05) is 6.92 Å². The average molecular weight is 409 g/mol. The molecule has 0 fully saturated rings. The number of pyridine rings is 2. The Morgan fingerprint density at radius 3 is 2.73 bits per heavy atom. The van der Waals surface area contributed by atoms with Crippen LogP contribution in [-0.2, 0) is 34.7 Å². The van der Waals surface area contributed by atoms with Crippen LogP contribution in [0.5, 0.6) is 0 Å². The molecule has 1 atom stereocenters. The van der Waals surface area contributed by atoms with Gasteiger partial charge in [-0.1, -0.05) is 13.8 Å². The maximum Gasteiger partial charge on any atom is 0.343 e. The third kappa shape index (κ3) is 2.25. The van der Waals surface area contributed by atoms with Gasteiger partial charge in [-0.3, -0.25) is 4.79 Å². The zero-order valence-corrected chi connectivity index (χ0v) is 16.6. The number of ether oxygens (including phenoxy) is 1. The maximum absolute atomic E-state index is 14.1. The molecule has 0 bridgehead atoms. The second kappa shape index (κ2) is 6.12. The van der Waals surface area contributed by atoms with Crippen LogP contribution in [-0.4, -0.2) is 20.6 Å². The van der Waals surface area contributed by atoms with Crippen LogP contribution >= 0.6 is 0 Å². The number of fused-ring (bicyclic) bond motifs is 5. The van der Waals surface area contributed by atoms with Gasteiger partial charge in [0.25, 0.3) is 5.56 Å². The first kappa shape index (κ1) is 18.7. The smallest absolute Gasteiger partial charge is 0.343 e. The summed E-state index contributed by atoms with van der Waals surface area (Å²) in [4.78, 5) is 30.1. The summed E-state index contributed by atoms with van der Waals surface area (Å²) >= 11 is 0. The average Bonchev–Trinajstić information content (AvgIpc) is 3.09. The number of carbonyl (C=O) groups excluding carboxylic acids is 1. The second-order valence-corrected chi connectivity index (χ2v) is 7.77. The summed E-state index contributed by atoms with van der Waals surface area (Å²) in [5.41, 5.74) is 7.46. The number of rotatable bonds is 2. The summed E-state index contributed by atoms with van der Waals surface area (Å²) in [7, 11) is 0. The van der Waals surface area contributed by atoms with Crippen molar-refractivity contribution in [3.63, 3.8) is 0 Å². The summed E-state index contributed by atoms with van der Waals surface area (Å²) in [6, 6.07) is 4.53. The normalized spacial score (nSPS) is 19.4. The van der Waals surface area contributed by atoms with Gasteiger partial charge in [0.05, 0.1) is 34.7 Å². The number of esters is 1. The number of anilines is 1. The van der Waals surface area contributed by atoms with Crippen molar-refractivity contribution in [2.75, 3.05) is 5.73 Å². The number of aromatic nitrogens is 2. The van der Waals surface area contributed by atoms with Crippen molar-refractivity contribution in [1.29, 1.82) is 0 Å². The molecule has 0 unspecified atom stereocenters. The summed E-state index contributed by atoms with van der Waals surface area (Å²) in [5, 5.41) is 11.7. The lowest BCUT2D eigenvalue weighted by atomic mass is 9.86. The van der Waals surface area contributed by atoms with Gasteiger partial charge in [-0.05, 0) is 30.5 Å². The Labute approximate surface area is 170 Å². The van der Waals surface area contributed by atoms with Crippen molar-refractivity contribution in [1.82, 2.24) is 9.55 Å². The number of hydrogen-bond acceptors (Lipinski definition) is 6. The van der Waals surface area contributed by atoms with Gasteiger partial charge in [-0.2, -0.15) is 0 Å². The highest BCUT2D eigenvalue weighted by molar-refractivity contribution is 5.91. The number of halogens is 1. The maximum atomic E-state index is 14.1. The monoisotopic (exact) mass is 409 g/mol. The summed E-state index contributed by atoms with van der Waals surface area (Å²) in [6.45, 7) is 3.76. The lowest BCUT2D eigenvalue weighted by Crippen LogP contribution is -2.44. The zero-order valence-electron chi connectivity index (χ0n) is 16.6. The van der Waals surface area contributed by atoms with E-state index in [0.717, 1.165) is 16.5 Å². The Morgan fingerprint density at radius 1 is 1.27 bits per heavy atom. The van der Waals surface area contributed by atoms with Gasteiger partial charge in [0.2, 0.25) is 0 Å². The minimum Gasteiger partial charge on any atom is -0.458 e. The Morgan fingerprint density at radius 2 is 2.03 bits per heavy atom. The predicted octanol–water partition coefficient (Wildman–Crippen LogP) is 2.36. The van der Waals surface area contributed by atoms with Crippen LogP contribution in [0.3, 0.4) is 0 Å². The van der Waals surface area contributed by atoms with Crippen molar-refractivity contribution in [2.24, 2.45) is 0 Å². The van der Waals surface area contributed by atoms with Crippen molar-refractivity contribution in [2.45, 2.75) is 45.4 Å². The number of aryl methyl sites for hydroxylation is 1. The first-order valence-corrected chi connectivity index (χ1v) is 9.87. The van der Waals surface area contributed by atoms with Crippen LogP contribution in [0.15, 0.2) is 23.0 Å². The molecular weight excluding hydrogens is 389 g/mol. The fourth-order valence-corrected chi connectivity index (χ4v) is 4.60. The summed E-state index contributed by atoms with van der Waals surface area (Å²) < 4.78 is 20.8. The van der Waals surface area contributed by atoms with E-state index in [0.29, 0.717) is 29.9 Å². The summed E-state index contributed by atoms with van der Waals surface area (Å²) in [5.74, 6) is -1.32. The molecular formula is C22H20FN3O4. The minimum atomic E-state index is -1.88. The standard InChI is InChI=1S/C22H20FN3O4/c1-3-10-11-5-16(24)15(23)7-17(11)25-19-12(10)8-26-18(19)6-14-13(20(26)27)9-30-21(28)22(14,29)4-2/h5-7,29H,3-4,8-9,24H2,1-2H3/t22-/m0/s1. The summed E-state index contributed by atoms with van der Waals surface area (Å²) in [6.07, 6.45) is 0.722. The first-order chi connectivity index (χ1) is 14.3. The van der Waals surface area contributed by atoms with Gasteiger partial charge < -0.3 is 20.1 Å². The fourth-order valence-electron chi connectivity index (χ4n) is 4.60. The molecule has 2 aliphatic heterocycles. The molecule has 3 aromatic rings. The lowest BCUT2D eigenvalue weighted by molar-refractivity contribution is -0.172. The molecule has 0 radical (unpaired) electrons. The molecule has 0 aliphatic carbocycles. The van der Waals surface area contributed by atoms with E-state index >= 15 is 0 Å². The molecule has 30 heavy (non-hydrogen) atoms. The van der Waals surface area contributed by atoms with Crippen LogP contribution < -0.4 is 11.3 Å². The van der Waals surface area contributed by atoms with E-state index in [2.05, 4.69) is 4.98 Å². The van der Waals surface area contributed by atoms with E-state index in [1.165, 1.54) is 6.07 Å². The highest BCUT2D eigenvalue weighted by Crippen LogP contribution is 2.40. The van der Waals surface area contributed by atoms with Crippen LogP contribution in [0.25, 0.3) is 22.3 Å². The van der Waals surface area contributed by atoms with Crippen molar-refractivity contribution < 1.29 is 19.0 Å². The van der Waals surface area contributed by atoms with Crippen molar-refractivity contribution >= 4 is 22.6 Å². The third-order valence-electron chi connectivity index (χ3n) is 6.28. The number of cyclic esters (lactones) is 1. The Bertz CT molecular complexity index is 1330. The number of nitrogens with two attached hydrogens (primary N) is 1. The van der Waals surface area contributed by atoms with Gasteiger partial charge in [0, 0.05) is 22.6 Å². The van der Waals surface area contributed by atoms with Gasteiger partial charge >= 0.3 is 5.97 Å². The number of nitrogens with zero attached hydrogens (tertiary/aromatic N) is 2. The second-order valence-electron chi connectivity index (χ2n) is 7.77. The zero-order chi connectivity index (χ0) is 21.4. The predicted molar refractivity (Wildman–Crippen MR) is 108 cm³/mol. The quantitative estimate of drug-likeness (QED) is 0.389. The van der Waals surface area contributed by atoms with Gasteiger partial charge in [0.15, 0.2) is 5.60 Å². The molecule has 0 amide bonds. The number of carbonyl (C=O) groups is 1. The highest BCUT2D eigenvalue weighted by atomic mass is 19.1. The topological polar surface area (TPSA) is 107 Å². The minimum absolute atomic E-state index is 0.0470. The van der Waals surface area contributed by atoms with E-state index < -0.39 is 17.4 Å². The van der Waals surface area contributed by atoms with Crippen LogP contribution in [0, 0.1) is 5.82 Å². The largest absolute Gasteiger partial charge is 0.458 e. The molecule has 3 N–H and O–H groups in total. The molecule has 4 heterocycles. The van der Waals surface area contributed by atoms with Crippen molar-refractivity contribution in [3.8, 4) is 11.4 Å². The molecule has 154 valence electrons. The van der Waals surface area contributed by atoms with E-state index in [4.69, 9.17) is 10.5 Å². The highest BCUT2D eigenvalue weighted by Gasteiger charge is 2.45. The number of aliphatic hydroxyl groups is 1. The van der Waals surface area contributed by atoms with Crippen LogP contribution in [0.1, 0.15) is 42.5 Å². The molecule has 0 saturated heterocycles. The number of nitrogen functional groups attached to an aromatic ring is 1. The van der Waals surface area contributed by atoms with Crippen LogP contribution in [0.2, 0.25) is 0 Å². The van der Waals surface area contributed by atoms with E-state index in [-0.39, 0.29) is 35.4 Å². The van der Waals surface area contributed by atoms with Gasteiger partial charge in [0.1, 0.15) is 12.4 Å². The molecule has 0 spiro atoms. The Balaban J connectivity index is 1.84. The third-order valence-corrected chi connectivity index (χ3v) is 6.28. The Hall–Kier alpha value is -3.26. The Kier molecular flexibility index (Phi) is 3.82. The van der Waals surface area contributed by atoms with Crippen LogP contribution in [0.4, 0.5) is 10.1 Å². The van der Waals surface area contributed by atoms with Gasteiger partial charge in [-0.25, -0.2) is 14.2 Å². The number of hydrogen-bond donors (Lipinski definition) is 2. The molecule has 8 heteroatoms. The fraction of sp³-hybridized carbons (Fsp3) is 0.318. The molecule has 1 aromatic carbocycles. The molecule has 2 aliphatic rings. The molecule has 5 rings (SSSR count). The SMILES string of the molecule is CCc1c2c(nc3cc(F)c(N)cc13)-c1cc3c(c(=O)n1C2)COC(=O)[C@]3(O)CC. The molecule has 2 aromatic heterocycles. The van der Waals surface area contributed by atoms with Crippen molar-refractivity contribution in [3.05, 3.63) is 56.6 Å². The van der Waals surface area contributed by atoms with Gasteiger partial charge in [-0.15, -0.1) is 0 Å². The lowest BCUT2D eigenvalue weighted by Gasteiger charge is -2.31. The number of benzene rings is 1.